The van der Waals surface area contributed by atoms with Crippen molar-refractivity contribution >= 4 is 5.71 Å². The molecule has 2 heteroatoms. The molecule has 56 valence electrons. The van der Waals surface area contributed by atoms with Gasteiger partial charge in [-0.2, -0.15) is 0 Å². The molecule has 0 spiro atoms. The van der Waals surface area contributed by atoms with Crippen molar-refractivity contribution in [3.8, 4) is 0 Å². The molecule has 0 aliphatic rings. The van der Waals surface area contributed by atoms with Crippen molar-refractivity contribution in [3.63, 3.8) is 0 Å². The van der Waals surface area contributed by atoms with E-state index in [1.165, 1.54) is 0 Å². The second-order valence-electron chi connectivity index (χ2n) is 2.19. The summed E-state index contributed by atoms with van der Waals surface area (Å²) in [6, 6.07) is 5.54. The molecule has 1 aromatic rings. The van der Waals surface area contributed by atoms with Crippen molar-refractivity contribution in [1.82, 2.24) is 4.98 Å². The molecule has 0 saturated heterocycles. The monoisotopic (exact) mass is 146 g/mol. The van der Waals surface area contributed by atoms with E-state index >= 15 is 0 Å². The third-order valence-electron chi connectivity index (χ3n) is 1.32. The maximum absolute atomic E-state index is 7.50. The van der Waals surface area contributed by atoms with Crippen LogP contribution < -0.4 is 0 Å². The van der Waals surface area contributed by atoms with Gasteiger partial charge in [-0.05, 0) is 12.1 Å². The third kappa shape index (κ3) is 2.00. The highest BCUT2D eigenvalue weighted by atomic mass is 14.7. The summed E-state index contributed by atoms with van der Waals surface area (Å²) in [6.45, 7) is 3.56. The van der Waals surface area contributed by atoms with Crippen molar-refractivity contribution in [2.24, 2.45) is 0 Å². The molecule has 0 bridgehead atoms. The molecule has 2 nitrogen and oxygen atoms in total. The Morgan fingerprint density at radius 1 is 1.64 bits per heavy atom. The summed E-state index contributed by atoms with van der Waals surface area (Å²) in [7, 11) is 0. The Balaban J connectivity index is 2.77. The zero-order valence-electron chi connectivity index (χ0n) is 6.25. The van der Waals surface area contributed by atoms with Gasteiger partial charge in [0.2, 0.25) is 0 Å². The van der Waals surface area contributed by atoms with Crippen molar-refractivity contribution in [2.45, 2.75) is 6.42 Å². The molecule has 11 heavy (non-hydrogen) atoms. The highest BCUT2D eigenvalue weighted by Gasteiger charge is 1.97. The smallest absolute Gasteiger partial charge is 0.0840 e. The van der Waals surface area contributed by atoms with Crippen LogP contribution >= 0.6 is 0 Å². The molecular formula is C9H10N2. The summed E-state index contributed by atoms with van der Waals surface area (Å²) >= 11 is 0. The van der Waals surface area contributed by atoms with Crippen LogP contribution in [0.4, 0.5) is 0 Å². The lowest BCUT2D eigenvalue weighted by Gasteiger charge is -1.96. The van der Waals surface area contributed by atoms with Crippen LogP contribution in [0.3, 0.4) is 0 Å². The summed E-state index contributed by atoms with van der Waals surface area (Å²) in [5, 5.41) is 7.50. The summed E-state index contributed by atoms with van der Waals surface area (Å²) < 4.78 is 0. The summed E-state index contributed by atoms with van der Waals surface area (Å²) in [4.78, 5) is 4.02. The van der Waals surface area contributed by atoms with Gasteiger partial charge in [-0.1, -0.05) is 12.1 Å². The molecule has 0 saturated carbocycles. The Hall–Kier alpha value is -1.44. The molecule has 0 fully saturated rings. The van der Waals surface area contributed by atoms with E-state index < -0.39 is 0 Å². The van der Waals surface area contributed by atoms with E-state index in [9.17, 15) is 0 Å². The molecule has 0 unspecified atom stereocenters. The van der Waals surface area contributed by atoms with E-state index in [1.54, 1.807) is 12.3 Å². The number of allylic oxidation sites excluding steroid dienone is 1. The number of hydrogen-bond donors (Lipinski definition) is 1. The lowest BCUT2D eigenvalue weighted by atomic mass is 10.2. The van der Waals surface area contributed by atoms with E-state index in [0.29, 0.717) is 12.1 Å². The van der Waals surface area contributed by atoms with E-state index in [4.69, 9.17) is 5.41 Å². The van der Waals surface area contributed by atoms with E-state index in [-0.39, 0.29) is 0 Å². The molecule has 1 heterocycles. The van der Waals surface area contributed by atoms with Gasteiger partial charge in [-0.3, -0.25) is 4.98 Å². The minimum Gasteiger partial charge on any atom is -0.303 e. The van der Waals surface area contributed by atoms with E-state index in [1.807, 2.05) is 18.2 Å². The van der Waals surface area contributed by atoms with Gasteiger partial charge < -0.3 is 5.41 Å². The average molecular weight is 146 g/mol. The van der Waals surface area contributed by atoms with Crippen molar-refractivity contribution in [2.75, 3.05) is 0 Å². The number of rotatable bonds is 3. The molecular weight excluding hydrogens is 136 g/mol. The SMILES string of the molecule is C=CCC(=N)c1ccccn1. The molecule has 0 amide bonds. The maximum atomic E-state index is 7.50. The fourth-order valence-corrected chi connectivity index (χ4v) is 0.790. The van der Waals surface area contributed by atoms with E-state index in [2.05, 4.69) is 11.6 Å². The van der Waals surface area contributed by atoms with Gasteiger partial charge in [0.05, 0.1) is 11.4 Å². The molecule has 0 radical (unpaired) electrons. The van der Waals surface area contributed by atoms with Crippen LogP contribution in [0, 0.1) is 5.41 Å². The Kier molecular flexibility index (Phi) is 2.55. The predicted octanol–water partition coefficient (Wildman–Crippen LogP) is 2.03. The lowest BCUT2D eigenvalue weighted by Crippen LogP contribution is -1.98. The van der Waals surface area contributed by atoms with Gasteiger partial charge in [-0.15, -0.1) is 6.58 Å². The number of pyridine rings is 1. The first-order chi connectivity index (χ1) is 5.34. The Bertz CT molecular complexity index is 252. The first-order valence-corrected chi connectivity index (χ1v) is 3.44. The number of nitrogens with one attached hydrogen (secondary N) is 1. The topological polar surface area (TPSA) is 36.7 Å². The normalized spacial score (nSPS) is 9.09. The van der Waals surface area contributed by atoms with E-state index in [0.717, 1.165) is 5.69 Å². The molecule has 0 aromatic carbocycles. The van der Waals surface area contributed by atoms with Crippen molar-refractivity contribution in [1.29, 1.82) is 5.41 Å². The molecule has 1 aromatic heterocycles. The Morgan fingerprint density at radius 2 is 2.45 bits per heavy atom. The summed E-state index contributed by atoms with van der Waals surface area (Å²) in [5.74, 6) is 0. The van der Waals surface area contributed by atoms with Crippen LogP contribution in [-0.4, -0.2) is 10.7 Å². The number of nitrogens with zero attached hydrogens (tertiary/aromatic N) is 1. The van der Waals surface area contributed by atoms with Crippen LogP contribution in [-0.2, 0) is 0 Å². The first kappa shape index (κ1) is 7.66. The standard InChI is InChI=1S/C9H10N2/c1-2-5-8(10)9-6-3-4-7-11-9/h2-4,6-7,10H,1,5H2. The molecule has 0 aliphatic heterocycles. The quantitative estimate of drug-likeness (QED) is 0.514. The summed E-state index contributed by atoms with van der Waals surface area (Å²) in [6.07, 6.45) is 3.97. The Morgan fingerprint density at radius 3 is 3.00 bits per heavy atom. The summed E-state index contributed by atoms with van der Waals surface area (Å²) in [5.41, 5.74) is 1.24. The van der Waals surface area contributed by atoms with Crippen LogP contribution in [0.2, 0.25) is 0 Å². The van der Waals surface area contributed by atoms with Crippen LogP contribution in [0.15, 0.2) is 37.1 Å². The van der Waals surface area contributed by atoms with Gasteiger partial charge in [0.25, 0.3) is 0 Å². The number of hydrogen-bond acceptors (Lipinski definition) is 2. The van der Waals surface area contributed by atoms with Gasteiger partial charge in [0, 0.05) is 12.6 Å². The average Bonchev–Trinajstić information content (AvgIpc) is 2.07. The number of aromatic nitrogens is 1. The van der Waals surface area contributed by atoms with Gasteiger partial charge in [0.15, 0.2) is 0 Å². The van der Waals surface area contributed by atoms with Crippen LogP contribution in [0.1, 0.15) is 12.1 Å². The maximum Gasteiger partial charge on any atom is 0.0840 e. The van der Waals surface area contributed by atoms with Crippen LogP contribution in [0.25, 0.3) is 0 Å². The fourth-order valence-electron chi connectivity index (χ4n) is 0.790. The van der Waals surface area contributed by atoms with Gasteiger partial charge in [-0.25, -0.2) is 0 Å². The minimum atomic E-state index is 0.514. The lowest BCUT2D eigenvalue weighted by molar-refractivity contribution is 1.24. The van der Waals surface area contributed by atoms with Gasteiger partial charge >= 0.3 is 0 Å². The second kappa shape index (κ2) is 3.66. The molecule has 1 rings (SSSR count). The Labute approximate surface area is 66.1 Å². The predicted molar refractivity (Wildman–Crippen MR) is 45.9 cm³/mol. The zero-order valence-corrected chi connectivity index (χ0v) is 6.25. The molecule has 0 aliphatic carbocycles. The molecule has 1 N–H and O–H groups in total. The van der Waals surface area contributed by atoms with Crippen molar-refractivity contribution in [3.05, 3.63) is 42.7 Å². The minimum absolute atomic E-state index is 0.514. The zero-order chi connectivity index (χ0) is 8.10. The van der Waals surface area contributed by atoms with Crippen LogP contribution in [0.5, 0.6) is 0 Å². The van der Waals surface area contributed by atoms with Gasteiger partial charge in [0.1, 0.15) is 0 Å². The fraction of sp³-hybridized carbons (Fsp3) is 0.111. The highest BCUT2D eigenvalue weighted by Crippen LogP contribution is 1.98. The molecule has 0 atom stereocenters. The highest BCUT2D eigenvalue weighted by molar-refractivity contribution is 5.97. The largest absolute Gasteiger partial charge is 0.303 e. The second-order valence-corrected chi connectivity index (χ2v) is 2.19. The first-order valence-electron chi connectivity index (χ1n) is 3.44. The van der Waals surface area contributed by atoms with Crippen molar-refractivity contribution < 1.29 is 0 Å². The third-order valence-corrected chi connectivity index (χ3v) is 1.32.